The van der Waals surface area contributed by atoms with Gasteiger partial charge >= 0.3 is 0 Å². The Labute approximate surface area is 171 Å². The van der Waals surface area contributed by atoms with Crippen LogP contribution in [0.15, 0.2) is 73.1 Å². The normalized spacial score (nSPS) is 11.5. The first-order chi connectivity index (χ1) is 13.2. The highest BCUT2D eigenvalue weighted by molar-refractivity contribution is 5.90. The summed E-state index contributed by atoms with van der Waals surface area (Å²) in [5, 5.41) is 20.4. The van der Waals surface area contributed by atoms with Gasteiger partial charge in [0.25, 0.3) is 0 Å². The number of para-hydroxylation sites is 1. The topological polar surface area (TPSA) is 79.2 Å². The second-order valence-electron chi connectivity index (χ2n) is 6.34. The van der Waals surface area contributed by atoms with Gasteiger partial charge in [0.15, 0.2) is 0 Å². The number of hydrogen-bond donors (Lipinski definition) is 3. The Kier molecular flexibility index (Phi) is 8.68. The van der Waals surface area contributed by atoms with E-state index < -0.39 is 6.10 Å². The van der Waals surface area contributed by atoms with E-state index >= 15 is 0 Å². The van der Waals surface area contributed by atoms with Crippen molar-refractivity contribution in [1.29, 1.82) is 0 Å². The third-order valence-electron chi connectivity index (χ3n) is 4.16. The molecule has 0 saturated heterocycles. The highest BCUT2D eigenvalue weighted by atomic mass is 35.5. The molecule has 0 saturated carbocycles. The van der Waals surface area contributed by atoms with Crippen LogP contribution >= 0.6 is 12.4 Å². The van der Waals surface area contributed by atoms with Crippen molar-refractivity contribution in [2.75, 3.05) is 18.4 Å². The van der Waals surface area contributed by atoms with Gasteiger partial charge in [0.1, 0.15) is 6.54 Å². The van der Waals surface area contributed by atoms with Crippen LogP contribution in [0.4, 0.5) is 5.69 Å². The Bertz CT molecular complexity index is 840. The van der Waals surface area contributed by atoms with E-state index in [-0.39, 0.29) is 24.9 Å². The predicted molar refractivity (Wildman–Crippen MR) is 113 cm³/mol. The standard InChI is InChI=1S/C21H24N4O2.ClH/c26-20(18-7-3-1-4-8-18)14-22-12-11-17-13-23-25(15-17)16-21(27)24-19-9-5-2-6-10-19;/h1-10,13,15,20,22,26H,11-12,14,16H2,(H,24,27);1H/t20-;/m0./s1. The number of nitrogens with zero attached hydrogens (tertiary/aromatic N) is 2. The van der Waals surface area contributed by atoms with Crippen LogP contribution in [0.3, 0.4) is 0 Å². The van der Waals surface area contributed by atoms with Crippen LogP contribution in [0.1, 0.15) is 17.2 Å². The monoisotopic (exact) mass is 400 g/mol. The van der Waals surface area contributed by atoms with Gasteiger partial charge in [-0.25, -0.2) is 0 Å². The van der Waals surface area contributed by atoms with Gasteiger partial charge in [-0.05, 0) is 36.2 Å². The van der Waals surface area contributed by atoms with Gasteiger partial charge in [0.05, 0.1) is 12.3 Å². The van der Waals surface area contributed by atoms with E-state index in [1.54, 1.807) is 10.9 Å². The molecular formula is C21H25ClN4O2. The average Bonchev–Trinajstić information content (AvgIpc) is 3.13. The Balaban J connectivity index is 0.00000280. The van der Waals surface area contributed by atoms with Crippen molar-refractivity contribution in [3.63, 3.8) is 0 Å². The zero-order chi connectivity index (χ0) is 18.9. The van der Waals surface area contributed by atoms with Gasteiger partial charge in [0, 0.05) is 18.4 Å². The maximum atomic E-state index is 12.0. The fraction of sp³-hybridized carbons (Fsp3) is 0.238. The lowest BCUT2D eigenvalue weighted by atomic mass is 10.1. The minimum absolute atomic E-state index is 0. The van der Waals surface area contributed by atoms with Crippen LogP contribution in [-0.2, 0) is 17.8 Å². The maximum absolute atomic E-state index is 12.0. The first kappa shape index (κ1) is 21.6. The molecule has 0 aliphatic rings. The lowest BCUT2D eigenvalue weighted by molar-refractivity contribution is -0.116. The molecule has 0 fully saturated rings. The number of carbonyl (C=O) groups is 1. The summed E-state index contributed by atoms with van der Waals surface area (Å²) in [6, 6.07) is 19.0. The van der Waals surface area contributed by atoms with E-state index in [1.807, 2.05) is 66.9 Å². The summed E-state index contributed by atoms with van der Waals surface area (Å²) in [4.78, 5) is 12.0. The molecule has 0 radical (unpaired) electrons. The molecule has 1 aromatic heterocycles. The van der Waals surface area contributed by atoms with Crippen LogP contribution in [0.2, 0.25) is 0 Å². The third kappa shape index (κ3) is 6.81. The third-order valence-corrected chi connectivity index (χ3v) is 4.16. The second kappa shape index (κ2) is 11.2. The van der Waals surface area contributed by atoms with Crippen molar-refractivity contribution in [2.45, 2.75) is 19.1 Å². The van der Waals surface area contributed by atoms with Crippen molar-refractivity contribution in [3.05, 3.63) is 84.2 Å². The first-order valence-electron chi connectivity index (χ1n) is 9.00. The van der Waals surface area contributed by atoms with E-state index in [1.165, 1.54) is 0 Å². The van der Waals surface area contributed by atoms with Crippen LogP contribution in [-0.4, -0.2) is 33.9 Å². The van der Waals surface area contributed by atoms with E-state index in [0.29, 0.717) is 6.54 Å². The fourth-order valence-electron chi connectivity index (χ4n) is 2.76. The Morgan fingerprint density at radius 3 is 2.46 bits per heavy atom. The van der Waals surface area contributed by atoms with Gasteiger partial charge in [-0.2, -0.15) is 5.10 Å². The molecule has 6 nitrogen and oxygen atoms in total. The molecule has 3 N–H and O–H groups in total. The minimum Gasteiger partial charge on any atom is -0.387 e. The molecule has 3 rings (SSSR count). The highest BCUT2D eigenvalue weighted by Crippen LogP contribution is 2.10. The number of anilines is 1. The number of benzene rings is 2. The average molecular weight is 401 g/mol. The smallest absolute Gasteiger partial charge is 0.246 e. The van der Waals surface area contributed by atoms with Crippen molar-refractivity contribution in [1.82, 2.24) is 15.1 Å². The summed E-state index contributed by atoms with van der Waals surface area (Å²) in [6.45, 7) is 1.40. The Morgan fingerprint density at radius 2 is 1.75 bits per heavy atom. The number of nitrogens with one attached hydrogen (secondary N) is 2. The number of halogens is 1. The molecular weight excluding hydrogens is 376 g/mol. The number of aliphatic hydroxyl groups is 1. The van der Waals surface area contributed by atoms with Gasteiger partial charge in [-0.15, -0.1) is 12.4 Å². The summed E-state index contributed by atoms with van der Waals surface area (Å²) in [5.74, 6) is -0.111. The van der Waals surface area contributed by atoms with E-state index in [9.17, 15) is 9.90 Å². The maximum Gasteiger partial charge on any atom is 0.246 e. The van der Waals surface area contributed by atoms with Gasteiger partial charge in [-0.1, -0.05) is 48.5 Å². The number of amides is 1. The summed E-state index contributed by atoms with van der Waals surface area (Å²) in [7, 11) is 0. The van der Waals surface area contributed by atoms with Gasteiger partial charge < -0.3 is 15.7 Å². The number of aliphatic hydroxyl groups excluding tert-OH is 1. The van der Waals surface area contributed by atoms with Crippen LogP contribution in [0.25, 0.3) is 0 Å². The van der Waals surface area contributed by atoms with Crippen LogP contribution < -0.4 is 10.6 Å². The van der Waals surface area contributed by atoms with Crippen molar-refractivity contribution >= 4 is 24.0 Å². The quantitative estimate of drug-likeness (QED) is 0.482. The predicted octanol–water partition coefficient (Wildman–Crippen LogP) is 2.81. The number of aromatic nitrogens is 2. The molecule has 1 amide bonds. The Morgan fingerprint density at radius 1 is 1.07 bits per heavy atom. The molecule has 2 aromatic carbocycles. The molecule has 0 aliphatic carbocycles. The van der Waals surface area contributed by atoms with Crippen LogP contribution in [0, 0.1) is 0 Å². The first-order valence-corrected chi connectivity index (χ1v) is 9.00. The SMILES string of the molecule is Cl.O=C(Cn1cc(CCNC[C@H](O)c2ccccc2)cn1)Nc1ccccc1. The van der Waals surface area contributed by atoms with E-state index in [4.69, 9.17) is 0 Å². The number of hydrogen-bond acceptors (Lipinski definition) is 4. The van der Waals surface area contributed by atoms with Gasteiger partial charge in [-0.3, -0.25) is 9.48 Å². The second-order valence-corrected chi connectivity index (χ2v) is 6.34. The molecule has 3 aromatic rings. The van der Waals surface area contributed by atoms with Crippen molar-refractivity contribution in [2.24, 2.45) is 0 Å². The fourth-order valence-corrected chi connectivity index (χ4v) is 2.76. The Hall–Kier alpha value is -2.67. The minimum atomic E-state index is -0.518. The molecule has 1 heterocycles. The summed E-state index contributed by atoms with van der Waals surface area (Å²) in [5.41, 5.74) is 2.72. The van der Waals surface area contributed by atoms with Gasteiger partial charge in [0.2, 0.25) is 5.91 Å². The molecule has 28 heavy (non-hydrogen) atoms. The molecule has 0 unspecified atom stereocenters. The van der Waals surface area contributed by atoms with Crippen LogP contribution in [0.5, 0.6) is 0 Å². The highest BCUT2D eigenvalue weighted by Gasteiger charge is 2.07. The molecule has 0 spiro atoms. The molecule has 0 aliphatic heterocycles. The molecule has 0 bridgehead atoms. The van der Waals surface area contributed by atoms with Crippen molar-refractivity contribution in [3.8, 4) is 0 Å². The molecule has 148 valence electrons. The lowest BCUT2D eigenvalue weighted by Gasteiger charge is -2.11. The summed E-state index contributed by atoms with van der Waals surface area (Å²) >= 11 is 0. The zero-order valence-electron chi connectivity index (χ0n) is 15.5. The number of rotatable bonds is 9. The summed E-state index contributed by atoms with van der Waals surface area (Å²) in [6.07, 6.45) is 3.91. The summed E-state index contributed by atoms with van der Waals surface area (Å²) < 4.78 is 1.63. The molecule has 1 atom stereocenters. The number of carbonyl (C=O) groups excluding carboxylic acids is 1. The van der Waals surface area contributed by atoms with E-state index in [0.717, 1.165) is 29.8 Å². The zero-order valence-corrected chi connectivity index (χ0v) is 16.3. The van der Waals surface area contributed by atoms with E-state index in [2.05, 4.69) is 15.7 Å². The largest absolute Gasteiger partial charge is 0.387 e. The lowest BCUT2D eigenvalue weighted by Crippen LogP contribution is -2.23. The molecule has 7 heteroatoms. The van der Waals surface area contributed by atoms with Crippen molar-refractivity contribution < 1.29 is 9.90 Å².